The van der Waals surface area contributed by atoms with E-state index in [9.17, 15) is 18.4 Å². The SMILES string of the molecule is NNc1c(F)cc(C(=O)NCCNC(=O)C2CC2)cc1F. The zero-order valence-electron chi connectivity index (χ0n) is 11.2. The van der Waals surface area contributed by atoms with Crippen LogP contribution in [0.3, 0.4) is 0 Å². The van der Waals surface area contributed by atoms with Crippen molar-refractivity contribution in [1.82, 2.24) is 10.6 Å². The number of halogens is 2. The lowest BCUT2D eigenvalue weighted by Gasteiger charge is -2.09. The van der Waals surface area contributed by atoms with Crippen LogP contribution in [0.5, 0.6) is 0 Å². The highest BCUT2D eigenvalue weighted by Crippen LogP contribution is 2.28. The number of hydrogen-bond donors (Lipinski definition) is 4. The molecular formula is C13H16F2N4O2. The molecule has 2 amide bonds. The molecule has 1 aromatic carbocycles. The normalized spacial score (nSPS) is 13.7. The molecule has 1 aliphatic carbocycles. The van der Waals surface area contributed by atoms with Crippen LogP contribution >= 0.6 is 0 Å². The number of carbonyl (C=O) groups is 2. The van der Waals surface area contributed by atoms with Crippen LogP contribution in [0, 0.1) is 17.6 Å². The third-order valence-electron chi connectivity index (χ3n) is 3.11. The summed E-state index contributed by atoms with van der Waals surface area (Å²) >= 11 is 0. The number of nitrogen functional groups attached to an aromatic ring is 1. The molecule has 1 fully saturated rings. The standard InChI is InChI=1S/C13H16F2N4O2/c14-9-5-8(6-10(15)11(9)19-16)13(21)18-4-3-17-12(20)7-1-2-7/h5-7,19H,1-4,16H2,(H,17,20)(H,18,21). The molecule has 114 valence electrons. The van der Waals surface area contributed by atoms with Gasteiger partial charge in [0.25, 0.3) is 5.91 Å². The van der Waals surface area contributed by atoms with Crippen LogP contribution in [0.25, 0.3) is 0 Å². The molecule has 0 atom stereocenters. The lowest BCUT2D eigenvalue weighted by atomic mass is 10.1. The molecule has 0 unspecified atom stereocenters. The molecule has 0 spiro atoms. The number of nitrogens with one attached hydrogen (secondary N) is 3. The van der Waals surface area contributed by atoms with E-state index in [1.807, 2.05) is 5.43 Å². The molecule has 1 saturated carbocycles. The third kappa shape index (κ3) is 3.88. The van der Waals surface area contributed by atoms with Gasteiger partial charge in [-0.2, -0.15) is 0 Å². The second kappa shape index (κ2) is 6.49. The molecule has 0 radical (unpaired) electrons. The number of rotatable bonds is 6. The van der Waals surface area contributed by atoms with Gasteiger partial charge in [-0.3, -0.25) is 15.4 Å². The first kappa shape index (κ1) is 15.2. The topological polar surface area (TPSA) is 96.2 Å². The van der Waals surface area contributed by atoms with Gasteiger partial charge in [0, 0.05) is 24.6 Å². The van der Waals surface area contributed by atoms with Gasteiger partial charge in [-0.15, -0.1) is 0 Å². The van der Waals surface area contributed by atoms with Gasteiger partial charge in [0.05, 0.1) is 0 Å². The van der Waals surface area contributed by atoms with Crippen LogP contribution < -0.4 is 21.9 Å². The Morgan fingerprint density at radius 1 is 1.14 bits per heavy atom. The van der Waals surface area contributed by atoms with Gasteiger partial charge in [-0.05, 0) is 25.0 Å². The molecule has 5 N–H and O–H groups in total. The number of hydrogen-bond acceptors (Lipinski definition) is 4. The lowest BCUT2D eigenvalue weighted by molar-refractivity contribution is -0.122. The fourth-order valence-electron chi connectivity index (χ4n) is 1.80. The Hall–Kier alpha value is -2.22. The summed E-state index contributed by atoms with van der Waals surface area (Å²) in [7, 11) is 0. The van der Waals surface area contributed by atoms with E-state index in [1.165, 1.54) is 0 Å². The third-order valence-corrected chi connectivity index (χ3v) is 3.11. The minimum Gasteiger partial charge on any atom is -0.354 e. The monoisotopic (exact) mass is 298 g/mol. The fraction of sp³-hybridized carbons (Fsp3) is 0.385. The first-order valence-corrected chi connectivity index (χ1v) is 6.54. The van der Waals surface area contributed by atoms with Crippen LogP contribution in [-0.4, -0.2) is 24.9 Å². The van der Waals surface area contributed by atoms with Crippen LogP contribution in [0.2, 0.25) is 0 Å². The largest absolute Gasteiger partial charge is 0.354 e. The van der Waals surface area contributed by atoms with Gasteiger partial charge in [-0.25, -0.2) is 8.78 Å². The second-order valence-electron chi connectivity index (χ2n) is 4.78. The van der Waals surface area contributed by atoms with Gasteiger partial charge >= 0.3 is 0 Å². The van der Waals surface area contributed by atoms with Crippen molar-refractivity contribution in [2.75, 3.05) is 18.5 Å². The van der Waals surface area contributed by atoms with Crippen molar-refractivity contribution >= 4 is 17.5 Å². The first-order chi connectivity index (χ1) is 10.0. The Morgan fingerprint density at radius 2 is 1.71 bits per heavy atom. The van der Waals surface area contributed by atoms with Gasteiger partial charge < -0.3 is 16.1 Å². The summed E-state index contributed by atoms with van der Waals surface area (Å²) in [6.07, 6.45) is 1.80. The number of carbonyl (C=O) groups excluding carboxylic acids is 2. The van der Waals surface area contributed by atoms with E-state index in [0.717, 1.165) is 25.0 Å². The number of anilines is 1. The maximum absolute atomic E-state index is 13.4. The predicted molar refractivity (Wildman–Crippen MR) is 72.2 cm³/mol. The van der Waals surface area contributed by atoms with E-state index in [1.54, 1.807) is 0 Å². The molecule has 0 aliphatic heterocycles. The lowest BCUT2D eigenvalue weighted by Crippen LogP contribution is -2.35. The molecular weight excluding hydrogens is 282 g/mol. The van der Waals surface area contributed by atoms with E-state index in [4.69, 9.17) is 5.84 Å². The van der Waals surface area contributed by atoms with Crippen molar-refractivity contribution in [3.8, 4) is 0 Å². The maximum atomic E-state index is 13.4. The molecule has 8 heteroatoms. The smallest absolute Gasteiger partial charge is 0.251 e. The van der Waals surface area contributed by atoms with Gasteiger partial charge in [-0.1, -0.05) is 0 Å². The van der Waals surface area contributed by atoms with Gasteiger partial charge in [0.15, 0.2) is 11.6 Å². The zero-order chi connectivity index (χ0) is 15.4. The van der Waals surface area contributed by atoms with Crippen LogP contribution in [0.4, 0.5) is 14.5 Å². The van der Waals surface area contributed by atoms with E-state index in [-0.39, 0.29) is 30.5 Å². The molecule has 0 saturated heterocycles. The van der Waals surface area contributed by atoms with E-state index >= 15 is 0 Å². The Labute approximate surface area is 120 Å². The molecule has 6 nitrogen and oxygen atoms in total. The highest BCUT2D eigenvalue weighted by Gasteiger charge is 2.29. The summed E-state index contributed by atoms with van der Waals surface area (Å²) in [5, 5.41) is 5.13. The Bertz CT molecular complexity index is 538. The van der Waals surface area contributed by atoms with Crippen LogP contribution in [0.1, 0.15) is 23.2 Å². The second-order valence-corrected chi connectivity index (χ2v) is 4.78. The summed E-state index contributed by atoms with van der Waals surface area (Å²) in [6, 6.07) is 1.77. The molecule has 2 rings (SSSR count). The van der Waals surface area contributed by atoms with Crippen molar-refractivity contribution in [3.63, 3.8) is 0 Å². The van der Waals surface area contributed by atoms with Crippen molar-refractivity contribution < 1.29 is 18.4 Å². The Balaban J connectivity index is 1.84. The number of nitrogens with two attached hydrogens (primary N) is 1. The van der Waals surface area contributed by atoms with Gasteiger partial charge in [0.1, 0.15) is 5.69 Å². The highest BCUT2D eigenvalue weighted by atomic mass is 19.1. The van der Waals surface area contributed by atoms with Crippen molar-refractivity contribution in [1.29, 1.82) is 0 Å². The maximum Gasteiger partial charge on any atom is 0.251 e. The predicted octanol–water partition coefficient (Wildman–Crippen LogP) is 0.506. The Kier molecular flexibility index (Phi) is 4.69. The molecule has 0 aromatic heterocycles. The molecule has 1 aromatic rings. The van der Waals surface area contributed by atoms with Crippen LogP contribution in [-0.2, 0) is 4.79 Å². The quantitative estimate of drug-likeness (QED) is 0.349. The summed E-state index contributed by atoms with van der Waals surface area (Å²) in [5.41, 5.74) is 1.23. The summed E-state index contributed by atoms with van der Waals surface area (Å²) < 4.78 is 26.9. The molecule has 21 heavy (non-hydrogen) atoms. The fourth-order valence-corrected chi connectivity index (χ4v) is 1.80. The summed E-state index contributed by atoms with van der Waals surface area (Å²) in [6.45, 7) is 0.450. The van der Waals surface area contributed by atoms with E-state index in [0.29, 0.717) is 0 Å². The summed E-state index contributed by atoms with van der Waals surface area (Å²) in [4.78, 5) is 23.1. The van der Waals surface area contributed by atoms with Crippen molar-refractivity contribution in [2.45, 2.75) is 12.8 Å². The minimum absolute atomic E-state index is 0.0280. The molecule has 0 heterocycles. The zero-order valence-corrected chi connectivity index (χ0v) is 11.2. The molecule has 0 bridgehead atoms. The highest BCUT2D eigenvalue weighted by molar-refractivity contribution is 5.94. The van der Waals surface area contributed by atoms with E-state index < -0.39 is 23.2 Å². The Morgan fingerprint density at radius 3 is 2.24 bits per heavy atom. The van der Waals surface area contributed by atoms with Crippen molar-refractivity contribution in [2.24, 2.45) is 11.8 Å². The molecule has 1 aliphatic rings. The average Bonchev–Trinajstić information content (AvgIpc) is 3.27. The van der Waals surface area contributed by atoms with Crippen LogP contribution in [0.15, 0.2) is 12.1 Å². The average molecular weight is 298 g/mol. The first-order valence-electron chi connectivity index (χ1n) is 6.54. The number of amides is 2. The summed E-state index contributed by atoms with van der Waals surface area (Å²) in [5.74, 6) is 2.50. The van der Waals surface area contributed by atoms with E-state index in [2.05, 4.69) is 10.6 Å². The van der Waals surface area contributed by atoms with Gasteiger partial charge in [0.2, 0.25) is 5.91 Å². The number of hydrazine groups is 1. The minimum atomic E-state index is -0.954. The number of benzene rings is 1. The van der Waals surface area contributed by atoms with Crippen molar-refractivity contribution in [3.05, 3.63) is 29.3 Å².